The Bertz CT molecular complexity index is 477. The van der Waals surface area contributed by atoms with Gasteiger partial charge in [0, 0.05) is 11.6 Å². The van der Waals surface area contributed by atoms with Crippen LogP contribution in [0.5, 0.6) is 0 Å². The summed E-state index contributed by atoms with van der Waals surface area (Å²) in [4.78, 5) is 11.9. The van der Waals surface area contributed by atoms with E-state index in [0.29, 0.717) is 23.9 Å². The largest absolute Gasteiger partial charge is 0.388 e. The summed E-state index contributed by atoms with van der Waals surface area (Å²) in [5.74, 6) is 0.456. The first-order valence-corrected chi connectivity index (χ1v) is 7.58. The second-order valence-corrected chi connectivity index (χ2v) is 6.45. The van der Waals surface area contributed by atoms with Crippen molar-refractivity contribution >= 4 is 17.5 Å². The number of halogens is 1. The molecule has 0 radical (unpaired) electrons. The highest BCUT2D eigenvalue weighted by Crippen LogP contribution is 2.31. The molecule has 2 N–H and O–H groups in total. The number of amides is 1. The van der Waals surface area contributed by atoms with E-state index >= 15 is 0 Å². The fraction of sp³-hybridized carbons (Fsp3) is 0.562. The molecule has 1 aromatic carbocycles. The Morgan fingerprint density at radius 2 is 2.35 bits per heavy atom. The molecule has 1 fully saturated rings. The van der Waals surface area contributed by atoms with Crippen molar-refractivity contribution in [3.8, 4) is 0 Å². The monoisotopic (exact) mass is 295 g/mol. The molecule has 4 heteroatoms. The third-order valence-corrected chi connectivity index (χ3v) is 4.17. The quantitative estimate of drug-likeness (QED) is 0.897. The third kappa shape index (κ3) is 4.50. The van der Waals surface area contributed by atoms with Crippen LogP contribution >= 0.6 is 11.6 Å². The second-order valence-electron chi connectivity index (χ2n) is 6.01. The first-order valence-electron chi connectivity index (χ1n) is 7.20. The zero-order chi connectivity index (χ0) is 14.6. The topological polar surface area (TPSA) is 49.3 Å². The van der Waals surface area contributed by atoms with Crippen LogP contribution in [0.4, 0.5) is 0 Å². The van der Waals surface area contributed by atoms with Gasteiger partial charge in [-0.2, -0.15) is 0 Å². The highest BCUT2D eigenvalue weighted by Gasteiger charge is 2.32. The molecule has 3 nitrogen and oxygen atoms in total. The molecule has 2 rings (SSSR count). The maximum absolute atomic E-state index is 11.9. The van der Waals surface area contributed by atoms with Gasteiger partial charge in [0.1, 0.15) is 0 Å². The van der Waals surface area contributed by atoms with Gasteiger partial charge in [0.05, 0.1) is 12.0 Å². The number of carbonyl (C=O) groups is 1. The van der Waals surface area contributed by atoms with Gasteiger partial charge in [-0.05, 0) is 36.5 Å². The van der Waals surface area contributed by atoms with E-state index in [0.717, 1.165) is 24.8 Å². The van der Waals surface area contributed by atoms with Crippen LogP contribution < -0.4 is 5.32 Å². The van der Waals surface area contributed by atoms with Crippen LogP contribution in [0, 0.1) is 5.92 Å². The van der Waals surface area contributed by atoms with Gasteiger partial charge in [0.25, 0.3) is 0 Å². The van der Waals surface area contributed by atoms with Gasteiger partial charge in [-0.3, -0.25) is 4.79 Å². The van der Waals surface area contributed by atoms with Crippen LogP contribution in [0.1, 0.15) is 38.2 Å². The van der Waals surface area contributed by atoms with Crippen molar-refractivity contribution in [2.75, 3.05) is 6.54 Å². The molecular formula is C16H22ClNO2. The summed E-state index contributed by atoms with van der Waals surface area (Å²) in [6.45, 7) is 2.49. The fourth-order valence-electron chi connectivity index (χ4n) is 2.95. The van der Waals surface area contributed by atoms with E-state index in [1.807, 2.05) is 12.1 Å². The lowest BCUT2D eigenvalue weighted by molar-refractivity contribution is -0.122. The molecule has 0 spiro atoms. The maximum atomic E-state index is 11.9. The Hall–Kier alpha value is -1.06. The molecule has 1 aromatic rings. The number of hydrogen-bond acceptors (Lipinski definition) is 2. The molecular weight excluding hydrogens is 274 g/mol. The zero-order valence-corrected chi connectivity index (χ0v) is 12.6. The zero-order valence-electron chi connectivity index (χ0n) is 11.9. The van der Waals surface area contributed by atoms with Crippen molar-refractivity contribution in [1.82, 2.24) is 5.32 Å². The third-order valence-electron chi connectivity index (χ3n) is 3.94. The minimum atomic E-state index is -0.734. The van der Waals surface area contributed by atoms with Crippen molar-refractivity contribution in [1.29, 1.82) is 0 Å². The lowest BCUT2D eigenvalue weighted by Crippen LogP contribution is -2.46. The number of rotatable bonds is 4. The Kier molecular flexibility index (Phi) is 5.06. The normalized spacial score (nSPS) is 26.2. The van der Waals surface area contributed by atoms with Crippen molar-refractivity contribution in [3.63, 3.8) is 0 Å². The summed E-state index contributed by atoms with van der Waals surface area (Å²) in [5.41, 5.74) is 0.154. The number of nitrogens with one attached hydrogen (secondary N) is 1. The second kappa shape index (κ2) is 6.59. The lowest BCUT2D eigenvalue weighted by atomic mass is 9.79. The van der Waals surface area contributed by atoms with E-state index in [-0.39, 0.29) is 5.91 Å². The number of benzene rings is 1. The van der Waals surface area contributed by atoms with Crippen molar-refractivity contribution in [3.05, 3.63) is 34.9 Å². The van der Waals surface area contributed by atoms with Crippen LogP contribution in [0.15, 0.2) is 24.3 Å². The van der Waals surface area contributed by atoms with E-state index < -0.39 is 5.60 Å². The van der Waals surface area contributed by atoms with Crippen LogP contribution in [-0.2, 0) is 11.2 Å². The summed E-state index contributed by atoms with van der Waals surface area (Å²) >= 11 is 5.89. The molecule has 20 heavy (non-hydrogen) atoms. The minimum Gasteiger partial charge on any atom is -0.388 e. The number of aliphatic hydroxyl groups is 1. The molecule has 0 aromatic heterocycles. The van der Waals surface area contributed by atoms with Crippen LogP contribution in [0.3, 0.4) is 0 Å². The minimum absolute atomic E-state index is 0.0704. The van der Waals surface area contributed by atoms with Gasteiger partial charge in [-0.1, -0.05) is 43.5 Å². The fourth-order valence-corrected chi connectivity index (χ4v) is 3.16. The Labute approximate surface area is 125 Å². The highest BCUT2D eigenvalue weighted by atomic mass is 35.5. The van der Waals surface area contributed by atoms with Gasteiger partial charge >= 0.3 is 0 Å². The van der Waals surface area contributed by atoms with E-state index in [4.69, 9.17) is 11.6 Å². The molecule has 2 unspecified atom stereocenters. The van der Waals surface area contributed by atoms with Crippen LogP contribution in [0.25, 0.3) is 0 Å². The van der Waals surface area contributed by atoms with Gasteiger partial charge in [-0.25, -0.2) is 0 Å². The Morgan fingerprint density at radius 3 is 3.05 bits per heavy atom. The van der Waals surface area contributed by atoms with Crippen molar-refractivity contribution in [2.45, 2.75) is 44.6 Å². The highest BCUT2D eigenvalue weighted by molar-refractivity contribution is 6.30. The average molecular weight is 296 g/mol. The first kappa shape index (κ1) is 15.3. The standard InChI is InChI=1S/C16H22ClNO2/c1-12-4-3-7-16(20,10-12)11-18-15(19)9-13-5-2-6-14(17)8-13/h2,5-6,8,12,20H,3-4,7,9-11H2,1H3,(H,18,19). The molecule has 1 aliphatic carbocycles. The van der Waals surface area contributed by atoms with E-state index in [2.05, 4.69) is 12.2 Å². The van der Waals surface area contributed by atoms with Crippen molar-refractivity contribution < 1.29 is 9.90 Å². The van der Waals surface area contributed by atoms with Gasteiger partial charge in [0.2, 0.25) is 5.91 Å². The predicted molar refractivity (Wildman–Crippen MR) is 80.7 cm³/mol. The van der Waals surface area contributed by atoms with E-state index in [1.54, 1.807) is 12.1 Å². The molecule has 1 saturated carbocycles. The van der Waals surface area contributed by atoms with Crippen LogP contribution in [-0.4, -0.2) is 23.2 Å². The van der Waals surface area contributed by atoms with Crippen molar-refractivity contribution in [2.24, 2.45) is 5.92 Å². The molecule has 110 valence electrons. The molecule has 0 saturated heterocycles. The average Bonchev–Trinajstić information content (AvgIpc) is 2.36. The Morgan fingerprint density at radius 1 is 1.55 bits per heavy atom. The molecule has 1 aliphatic rings. The van der Waals surface area contributed by atoms with Gasteiger partial charge < -0.3 is 10.4 Å². The van der Waals surface area contributed by atoms with Crippen LogP contribution in [0.2, 0.25) is 5.02 Å². The molecule has 1 amide bonds. The molecule has 0 bridgehead atoms. The van der Waals surface area contributed by atoms with E-state index in [1.165, 1.54) is 6.42 Å². The van der Waals surface area contributed by atoms with Gasteiger partial charge in [-0.15, -0.1) is 0 Å². The smallest absolute Gasteiger partial charge is 0.224 e. The molecule has 0 heterocycles. The lowest BCUT2D eigenvalue weighted by Gasteiger charge is -2.35. The van der Waals surface area contributed by atoms with Gasteiger partial charge in [0.15, 0.2) is 0 Å². The molecule has 2 atom stereocenters. The Balaban J connectivity index is 1.83. The number of hydrogen-bond donors (Lipinski definition) is 2. The summed E-state index contributed by atoms with van der Waals surface area (Å²) in [6, 6.07) is 7.29. The summed E-state index contributed by atoms with van der Waals surface area (Å²) in [5, 5.41) is 13.9. The summed E-state index contributed by atoms with van der Waals surface area (Å²) in [6.07, 6.45) is 4.03. The summed E-state index contributed by atoms with van der Waals surface area (Å²) < 4.78 is 0. The SMILES string of the molecule is CC1CCCC(O)(CNC(=O)Cc2cccc(Cl)c2)C1. The maximum Gasteiger partial charge on any atom is 0.224 e. The molecule has 0 aliphatic heterocycles. The summed E-state index contributed by atoms with van der Waals surface area (Å²) in [7, 11) is 0. The number of carbonyl (C=O) groups excluding carboxylic acids is 1. The predicted octanol–water partition coefficient (Wildman–Crippen LogP) is 2.94. The first-order chi connectivity index (χ1) is 9.47. The van der Waals surface area contributed by atoms with E-state index in [9.17, 15) is 9.90 Å².